The van der Waals surface area contributed by atoms with Crippen molar-refractivity contribution in [3.63, 3.8) is 0 Å². The molecule has 1 amide bonds. The fourth-order valence-corrected chi connectivity index (χ4v) is 5.32. The van der Waals surface area contributed by atoms with Gasteiger partial charge in [-0.25, -0.2) is 8.42 Å². The van der Waals surface area contributed by atoms with Crippen LogP contribution in [0.5, 0.6) is 0 Å². The molecule has 0 saturated carbocycles. The number of carbonyl (C=O) groups excluding carboxylic acids is 1. The summed E-state index contributed by atoms with van der Waals surface area (Å²) in [5.41, 5.74) is 0.503. The largest absolute Gasteiger partial charge is 0.306 e. The Bertz CT molecular complexity index is 659. The summed E-state index contributed by atoms with van der Waals surface area (Å²) >= 11 is 12.0. The molecule has 4 nitrogen and oxygen atoms in total. The third-order valence-corrected chi connectivity index (χ3v) is 5.98. The van der Waals surface area contributed by atoms with E-state index >= 15 is 0 Å². The van der Waals surface area contributed by atoms with Crippen molar-refractivity contribution in [2.75, 3.05) is 16.4 Å². The number of hydrogen-bond acceptors (Lipinski definition) is 3. The average Bonchev–Trinajstić information content (AvgIpc) is 2.73. The van der Waals surface area contributed by atoms with Gasteiger partial charge in [0.15, 0.2) is 9.84 Å². The first-order valence-electron chi connectivity index (χ1n) is 5.85. The number of carbonyl (C=O) groups is 1. The number of amides is 1. The van der Waals surface area contributed by atoms with E-state index in [2.05, 4.69) is 0 Å². The third kappa shape index (κ3) is 2.24. The lowest BCUT2D eigenvalue weighted by atomic mass is 10.0. The standard InChI is InChI=1S/C12H11Cl2NO3S/c13-8-1-2-9(14)10(4-8)15-11-6-19(17,18)5-7(11)3-12(15)16/h1-2,4,7,11H,3,5-6H2. The number of anilines is 1. The minimum atomic E-state index is -3.06. The molecule has 2 fully saturated rings. The van der Waals surface area contributed by atoms with Crippen LogP contribution in [0.25, 0.3) is 0 Å². The number of halogens is 2. The van der Waals surface area contributed by atoms with Crippen LogP contribution in [0, 0.1) is 5.92 Å². The summed E-state index contributed by atoms with van der Waals surface area (Å²) in [6.45, 7) is 0. The van der Waals surface area contributed by atoms with E-state index in [9.17, 15) is 13.2 Å². The Morgan fingerprint density at radius 3 is 2.68 bits per heavy atom. The van der Waals surface area contributed by atoms with Crippen molar-refractivity contribution in [2.45, 2.75) is 12.5 Å². The van der Waals surface area contributed by atoms with Crippen LogP contribution in [-0.2, 0) is 14.6 Å². The molecule has 7 heteroatoms. The van der Waals surface area contributed by atoms with E-state index in [-0.39, 0.29) is 35.8 Å². The van der Waals surface area contributed by atoms with Crippen molar-refractivity contribution in [1.82, 2.24) is 0 Å². The molecule has 2 saturated heterocycles. The van der Waals surface area contributed by atoms with Crippen LogP contribution in [0.3, 0.4) is 0 Å². The van der Waals surface area contributed by atoms with Gasteiger partial charge in [0, 0.05) is 17.4 Å². The molecule has 0 aliphatic carbocycles. The molecule has 2 atom stereocenters. The summed E-state index contributed by atoms with van der Waals surface area (Å²) in [7, 11) is -3.06. The van der Waals surface area contributed by atoms with E-state index in [4.69, 9.17) is 23.2 Å². The van der Waals surface area contributed by atoms with E-state index in [1.54, 1.807) is 18.2 Å². The fraction of sp³-hybridized carbons (Fsp3) is 0.417. The molecule has 2 unspecified atom stereocenters. The Morgan fingerprint density at radius 2 is 1.95 bits per heavy atom. The zero-order valence-corrected chi connectivity index (χ0v) is 12.2. The minimum absolute atomic E-state index is 0.00620. The van der Waals surface area contributed by atoms with Crippen LogP contribution in [-0.4, -0.2) is 31.9 Å². The van der Waals surface area contributed by atoms with Crippen molar-refractivity contribution < 1.29 is 13.2 Å². The van der Waals surface area contributed by atoms with Gasteiger partial charge in [0.05, 0.1) is 28.3 Å². The smallest absolute Gasteiger partial charge is 0.227 e. The quantitative estimate of drug-likeness (QED) is 0.797. The molecule has 0 N–H and O–H groups in total. The van der Waals surface area contributed by atoms with Crippen LogP contribution in [0.2, 0.25) is 10.0 Å². The van der Waals surface area contributed by atoms with Crippen molar-refractivity contribution in [3.8, 4) is 0 Å². The van der Waals surface area contributed by atoms with Gasteiger partial charge in [0.2, 0.25) is 5.91 Å². The van der Waals surface area contributed by atoms with Crippen molar-refractivity contribution in [3.05, 3.63) is 28.2 Å². The second-order valence-electron chi connectivity index (χ2n) is 4.97. The van der Waals surface area contributed by atoms with Gasteiger partial charge in [-0.3, -0.25) is 4.79 Å². The summed E-state index contributed by atoms with van der Waals surface area (Å²) in [6, 6.07) is 4.54. The van der Waals surface area contributed by atoms with Gasteiger partial charge in [0.25, 0.3) is 0 Å². The normalized spacial score (nSPS) is 28.7. The van der Waals surface area contributed by atoms with Gasteiger partial charge in [0.1, 0.15) is 0 Å². The van der Waals surface area contributed by atoms with Crippen molar-refractivity contribution >= 4 is 44.6 Å². The molecule has 0 spiro atoms. The average molecular weight is 320 g/mol. The predicted octanol–water partition coefficient (Wildman–Crippen LogP) is 2.14. The second kappa shape index (κ2) is 4.36. The first-order valence-corrected chi connectivity index (χ1v) is 8.43. The number of benzene rings is 1. The molecule has 102 valence electrons. The van der Waals surface area contributed by atoms with Gasteiger partial charge in [-0.2, -0.15) is 0 Å². The summed E-state index contributed by atoms with van der Waals surface area (Å²) in [5, 5.41) is 0.874. The summed E-state index contributed by atoms with van der Waals surface area (Å²) in [5.74, 6) is -0.133. The second-order valence-corrected chi connectivity index (χ2v) is 7.97. The topological polar surface area (TPSA) is 54.5 Å². The van der Waals surface area contributed by atoms with Gasteiger partial charge >= 0.3 is 0 Å². The number of rotatable bonds is 1. The minimum Gasteiger partial charge on any atom is -0.306 e. The Balaban J connectivity index is 2.04. The zero-order valence-electron chi connectivity index (χ0n) is 9.84. The van der Waals surface area contributed by atoms with Crippen molar-refractivity contribution in [1.29, 1.82) is 0 Å². The maximum atomic E-state index is 12.1. The highest BCUT2D eigenvalue weighted by molar-refractivity contribution is 7.91. The molecule has 1 aromatic rings. The molecule has 0 aromatic heterocycles. The molecule has 2 aliphatic heterocycles. The molecule has 19 heavy (non-hydrogen) atoms. The molecule has 1 aromatic carbocycles. The maximum Gasteiger partial charge on any atom is 0.227 e. The maximum absolute atomic E-state index is 12.1. The first kappa shape index (κ1) is 13.2. The lowest BCUT2D eigenvalue weighted by Gasteiger charge is -2.24. The van der Waals surface area contributed by atoms with Gasteiger partial charge in [-0.1, -0.05) is 23.2 Å². The summed E-state index contributed by atoms with van der Waals surface area (Å²) < 4.78 is 23.4. The van der Waals surface area contributed by atoms with Gasteiger partial charge in [-0.05, 0) is 18.2 Å². The molecule has 0 radical (unpaired) electrons. The van der Waals surface area contributed by atoms with E-state index < -0.39 is 9.84 Å². The highest BCUT2D eigenvalue weighted by Gasteiger charge is 2.49. The molecule has 3 rings (SSSR count). The number of sulfone groups is 1. The highest BCUT2D eigenvalue weighted by Crippen LogP contribution is 2.40. The first-order chi connectivity index (χ1) is 8.87. The van der Waals surface area contributed by atoms with E-state index in [0.29, 0.717) is 15.7 Å². The highest BCUT2D eigenvalue weighted by atomic mass is 35.5. The van der Waals surface area contributed by atoms with E-state index in [1.165, 1.54) is 4.90 Å². The summed E-state index contributed by atoms with van der Waals surface area (Å²) in [6.07, 6.45) is 0.257. The Morgan fingerprint density at radius 1 is 1.21 bits per heavy atom. The van der Waals surface area contributed by atoms with E-state index in [1.807, 2.05) is 0 Å². The molecular weight excluding hydrogens is 309 g/mol. The van der Waals surface area contributed by atoms with Gasteiger partial charge < -0.3 is 4.90 Å². The monoisotopic (exact) mass is 319 g/mol. The lowest BCUT2D eigenvalue weighted by molar-refractivity contribution is -0.117. The SMILES string of the molecule is O=C1CC2CS(=O)(=O)CC2N1c1cc(Cl)ccc1Cl. The Kier molecular flexibility index (Phi) is 3.04. The van der Waals surface area contributed by atoms with Crippen molar-refractivity contribution in [2.24, 2.45) is 5.92 Å². The van der Waals surface area contributed by atoms with Crippen LogP contribution < -0.4 is 4.90 Å². The zero-order chi connectivity index (χ0) is 13.8. The van der Waals surface area contributed by atoms with Crippen LogP contribution >= 0.6 is 23.2 Å². The predicted molar refractivity (Wildman–Crippen MR) is 74.5 cm³/mol. The molecule has 2 heterocycles. The van der Waals surface area contributed by atoms with E-state index in [0.717, 1.165) is 0 Å². The lowest BCUT2D eigenvalue weighted by Crippen LogP contribution is -2.36. The Hall–Kier alpha value is -0.780. The van der Waals surface area contributed by atoms with Gasteiger partial charge in [-0.15, -0.1) is 0 Å². The summed E-state index contributed by atoms with van der Waals surface area (Å²) in [4.78, 5) is 13.6. The number of hydrogen-bond donors (Lipinski definition) is 0. The molecular formula is C12H11Cl2NO3S. The fourth-order valence-electron chi connectivity index (χ4n) is 2.87. The number of fused-ring (bicyclic) bond motifs is 1. The Labute approximate surface area is 121 Å². The molecule has 2 aliphatic rings. The van der Waals surface area contributed by atoms with Crippen LogP contribution in [0.15, 0.2) is 18.2 Å². The third-order valence-electron chi connectivity index (χ3n) is 3.64. The molecule has 0 bridgehead atoms. The van der Waals surface area contributed by atoms with Crippen LogP contribution in [0.4, 0.5) is 5.69 Å². The van der Waals surface area contributed by atoms with Crippen LogP contribution in [0.1, 0.15) is 6.42 Å². The number of nitrogens with zero attached hydrogens (tertiary/aromatic N) is 1.